The molecule has 2 rings (SSSR count). The Labute approximate surface area is 143 Å². The third-order valence-electron chi connectivity index (χ3n) is 3.78. The van der Waals surface area contributed by atoms with Crippen LogP contribution in [-0.2, 0) is 4.74 Å². The molecule has 1 amide bonds. The van der Waals surface area contributed by atoms with Crippen LogP contribution in [0.5, 0.6) is 0 Å². The second kappa shape index (κ2) is 6.83. The standard InChI is InChI=1S/C17H24N2O3S/c1-12-14(9-13(11-20)10-15(12)23)18-5-7-19(8-6-18)16(21)22-17(2,3)4/h9-11,23H,5-8H2,1-4H3. The average Bonchev–Trinajstić information content (AvgIpc) is 2.48. The van der Waals surface area contributed by atoms with Gasteiger partial charge in [0, 0.05) is 42.3 Å². The Morgan fingerprint density at radius 3 is 2.35 bits per heavy atom. The molecule has 1 heterocycles. The number of hydrogen-bond acceptors (Lipinski definition) is 5. The molecule has 0 aliphatic carbocycles. The highest BCUT2D eigenvalue weighted by Crippen LogP contribution is 2.28. The highest BCUT2D eigenvalue weighted by Gasteiger charge is 2.26. The first-order valence-corrected chi connectivity index (χ1v) is 8.17. The smallest absolute Gasteiger partial charge is 0.410 e. The van der Waals surface area contributed by atoms with E-state index in [0.29, 0.717) is 31.7 Å². The highest BCUT2D eigenvalue weighted by atomic mass is 32.1. The van der Waals surface area contributed by atoms with Crippen LogP contribution in [0.25, 0.3) is 0 Å². The third kappa shape index (κ3) is 4.41. The number of thiol groups is 1. The molecule has 5 nitrogen and oxygen atoms in total. The first kappa shape index (κ1) is 17.7. The molecule has 0 bridgehead atoms. The minimum atomic E-state index is -0.482. The lowest BCUT2D eigenvalue weighted by Gasteiger charge is -2.37. The summed E-state index contributed by atoms with van der Waals surface area (Å²) < 4.78 is 5.41. The number of carbonyl (C=O) groups excluding carboxylic acids is 2. The van der Waals surface area contributed by atoms with E-state index >= 15 is 0 Å². The molecule has 1 aromatic carbocycles. The Balaban J connectivity index is 2.06. The van der Waals surface area contributed by atoms with Crippen LogP contribution in [0.1, 0.15) is 36.7 Å². The van der Waals surface area contributed by atoms with Gasteiger partial charge in [0.25, 0.3) is 0 Å². The molecule has 126 valence electrons. The van der Waals surface area contributed by atoms with Gasteiger partial charge < -0.3 is 14.5 Å². The fraction of sp³-hybridized carbons (Fsp3) is 0.529. The summed E-state index contributed by atoms with van der Waals surface area (Å²) >= 11 is 4.44. The van der Waals surface area contributed by atoms with Crippen LogP contribution in [-0.4, -0.2) is 49.1 Å². The molecule has 0 saturated carbocycles. The minimum absolute atomic E-state index is 0.273. The van der Waals surface area contributed by atoms with Gasteiger partial charge in [-0.15, -0.1) is 12.6 Å². The molecule has 1 aromatic rings. The summed E-state index contributed by atoms with van der Waals surface area (Å²) in [5, 5.41) is 0. The van der Waals surface area contributed by atoms with Crippen molar-refractivity contribution in [3.05, 3.63) is 23.3 Å². The lowest BCUT2D eigenvalue weighted by atomic mass is 10.1. The van der Waals surface area contributed by atoms with E-state index in [-0.39, 0.29) is 6.09 Å². The molecule has 1 aliphatic heterocycles. The van der Waals surface area contributed by atoms with E-state index in [1.54, 1.807) is 11.0 Å². The normalized spacial score (nSPS) is 15.5. The maximum atomic E-state index is 12.1. The van der Waals surface area contributed by atoms with Crippen LogP contribution in [0.3, 0.4) is 0 Å². The minimum Gasteiger partial charge on any atom is -0.444 e. The summed E-state index contributed by atoms with van der Waals surface area (Å²) in [6, 6.07) is 3.65. The van der Waals surface area contributed by atoms with Crippen molar-refractivity contribution in [1.82, 2.24) is 4.90 Å². The van der Waals surface area contributed by atoms with Gasteiger partial charge >= 0.3 is 6.09 Å². The van der Waals surface area contributed by atoms with Crippen molar-refractivity contribution in [2.45, 2.75) is 38.2 Å². The van der Waals surface area contributed by atoms with Crippen molar-refractivity contribution in [2.24, 2.45) is 0 Å². The molecule has 0 atom stereocenters. The Bertz CT molecular complexity index is 603. The zero-order chi connectivity index (χ0) is 17.2. The van der Waals surface area contributed by atoms with Crippen molar-refractivity contribution >= 4 is 30.7 Å². The first-order valence-electron chi connectivity index (χ1n) is 7.73. The maximum absolute atomic E-state index is 12.1. The number of benzene rings is 1. The molecule has 0 radical (unpaired) electrons. The van der Waals surface area contributed by atoms with Gasteiger partial charge in [0.1, 0.15) is 11.9 Å². The Kier molecular flexibility index (Phi) is 5.24. The van der Waals surface area contributed by atoms with Crippen LogP contribution < -0.4 is 4.90 Å². The summed E-state index contributed by atoms with van der Waals surface area (Å²) in [7, 11) is 0. The summed E-state index contributed by atoms with van der Waals surface area (Å²) in [5.41, 5.74) is 2.18. The lowest BCUT2D eigenvalue weighted by molar-refractivity contribution is 0.0240. The molecule has 0 unspecified atom stereocenters. The van der Waals surface area contributed by atoms with Gasteiger partial charge in [-0.1, -0.05) is 0 Å². The fourth-order valence-corrected chi connectivity index (χ4v) is 2.82. The molecule has 1 fully saturated rings. The predicted octanol–water partition coefficient (Wildman–Crippen LogP) is 3.15. The summed E-state index contributed by atoms with van der Waals surface area (Å²) in [6.07, 6.45) is 0.560. The van der Waals surface area contributed by atoms with Crippen LogP contribution in [0.4, 0.5) is 10.5 Å². The van der Waals surface area contributed by atoms with E-state index in [0.717, 1.165) is 22.4 Å². The zero-order valence-electron chi connectivity index (χ0n) is 14.1. The number of amides is 1. The molecule has 0 spiro atoms. The van der Waals surface area contributed by atoms with E-state index in [1.807, 2.05) is 33.8 Å². The Hall–Kier alpha value is -1.69. The zero-order valence-corrected chi connectivity index (χ0v) is 15.0. The van der Waals surface area contributed by atoms with E-state index in [9.17, 15) is 9.59 Å². The number of rotatable bonds is 2. The third-order valence-corrected chi connectivity index (χ3v) is 4.25. The van der Waals surface area contributed by atoms with E-state index in [1.165, 1.54) is 0 Å². The fourth-order valence-electron chi connectivity index (χ4n) is 2.56. The molecule has 1 aliphatic rings. The SMILES string of the molecule is Cc1c(S)cc(C=O)cc1N1CCN(C(=O)OC(C)(C)C)CC1. The molecular weight excluding hydrogens is 312 g/mol. The molecule has 0 N–H and O–H groups in total. The van der Waals surface area contributed by atoms with Crippen molar-refractivity contribution in [3.8, 4) is 0 Å². The van der Waals surface area contributed by atoms with Crippen molar-refractivity contribution in [3.63, 3.8) is 0 Å². The predicted molar refractivity (Wildman–Crippen MR) is 93.8 cm³/mol. The topological polar surface area (TPSA) is 49.9 Å². The lowest BCUT2D eigenvalue weighted by Crippen LogP contribution is -2.50. The largest absolute Gasteiger partial charge is 0.444 e. The van der Waals surface area contributed by atoms with Gasteiger partial charge in [0.15, 0.2) is 0 Å². The highest BCUT2D eigenvalue weighted by molar-refractivity contribution is 7.80. The average molecular weight is 336 g/mol. The maximum Gasteiger partial charge on any atom is 0.410 e. The second-order valence-corrected chi connectivity index (χ2v) is 7.24. The molecular formula is C17H24N2O3S. The first-order chi connectivity index (χ1) is 10.7. The number of ether oxygens (including phenoxy) is 1. The van der Waals surface area contributed by atoms with Crippen molar-refractivity contribution in [1.29, 1.82) is 0 Å². The van der Waals surface area contributed by atoms with E-state index in [2.05, 4.69) is 17.5 Å². The molecule has 23 heavy (non-hydrogen) atoms. The van der Waals surface area contributed by atoms with Gasteiger partial charge in [-0.3, -0.25) is 4.79 Å². The van der Waals surface area contributed by atoms with Gasteiger partial charge in [-0.2, -0.15) is 0 Å². The van der Waals surface area contributed by atoms with Crippen molar-refractivity contribution < 1.29 is 14.3 Å². The molecule has 6 heteroatoms. The quantitative estimate of drug-likeness (QED) is 0.666. The Morgan fingerprint density at radius 2 is 1.83 bits per heavy atom. The van der Waals surface area contributed by atoms with Crippen LogP contribution in [0.2, 0.25) is 0 Å². The van der Waals surface area contributed by atoms with Gasteiger partial charge in [0.2, 0.25) is 0 Å². The number of piperazine rings is 1. The number of nitrogens with zero attached hydrogens (tertiary/aromatic N) is 2. The number of anilines is 1. The number of aldehydes is 1. The van der Waals surface area contributed by atoms with Gasteiger partial charge in [-0.25, -0.2) is 4.79 Å². The van der Waals surface area contributed by atoms with E-state index in [4.69, 9.17) is 4.74 Å². The van der Waals surface area contributed by atoms with Crippen molar-refractivity contribution in [2.75, 3.05) is 31.1 Å². The Morgan fingerprint density at radius 1 is 1.22 bits per heavy atom. The number of carbonyl (C=O) groups is 2. The van der Waals surface area contributed by atoms with E-state index < -0.39 is 5.60 Å². The second-order valence-electron chi connectivity index (χ2n) is 6.76. The summed E-state index contributed by atoms with van der Waals surface area (Å²) in [5.74, 6) is 0. The van der Waals surface area contributed by atoms with Gasteiger partial charge in [0.05, 0.1) is 0 Å². The van der Waals surface area contributed by atoms with Crippen LogP contribution in [0, 0.1) is 6.92 Å². The summed E-state index contributed by atoms with van der Waals surface area (Å²) in [6.45, 7) is 10.2. The van der Waals surface area contributed by atoms with Crippen LogP contribution >= 0.6 is 12.6 Å². The molecule has 1 saturated heterocycles. The summed E-state index contributed by atoms with van der Waals surface area (Å²) in [4.78, 5) is 27.9. The van der Waals surface area contributed by atoms with Gasteiger partial charge in [-0.05, 0) is 45.4 Å². The monoisotopic (exact) mass is 336 g/mol. The molecule has 0 aromatic heterocycles. The number of hydrogen-bond donors (Lipinski definition) is 1. The van der Waals surface area contributed by atoms with Crippen LogP contribution in [0.15, 0.2) is 17.0 Å².